The minimum atomic E-state index is 0.274. The molecule has 4 nitrogen and oxygen atoms in total. The van der Waals surface area contributed by atoms with Crippen molar-refractivity contribution in [3.63, 3.8) is 0 Å². The van der Waals surface area contributed by atoms with E-state index in [4.69, 9.17) is 4.99 Å². The molecule has 1 heterocycles. The van der Waals surface area contributed by atoms with Gasteiger partial charge in [-0.15, -0.1) is 0 Å². The third-order valence-corrected chi connectivity index (χ3v) is 5.33. The molecule has 1 aliphatic carbocycles. The molecular formula is C18H35N3O. The van der Waals surface area contributed by atoms with Gasteiger partial charge in [-0.05, 0) is 56.3 Å². The predicted molar refractivity (Wildman–Crippen MR) is 93.1 cm³/mol. The summed E-state index contributed by atoms with van der Waals surface area (Å²) in [5, 5.41) is 12.7. The highest BCUT2D eigenvalue weighted by Gasteiger charge is 2.43. The summed E-state index contributed by atoms with van der Waals surface area (Å²) in [5.41, 5.74) is 0.610. The van der Waals surface area contributed by atoms with Gasteiger partial charge in [0.15, 0.2) is 5.96 Å². The predicted octanol–water partition coefficient (Wildman–Crippen LogP) is 2.87. The number of hydrogen-bond acceptors (Lipinski definition) is 2. The van der Waals surface area contributed by atoms with E-state index >= 15 is 0 Å². The average molecular weight is 309 g/mol. The number of nitrogens with one attached hydrogen (secondary N) is 1. The minimum absolute atomic E-state index is 0.274. The van der Waals surface area contributed by atoms with Crippen molar-refractivity contribution in [2.45, 2.75) is 59.3 Å². The smallest absolute Gasteiger partial charge is 0.193 e. The molecule has 0 amide bonds. The lowest BCUT2D eigenvalue weighted by Gasteiger charge is -2.38. The van der Waals surface area contributed by atoms with Gasteiger partial charge < -0.3 is 15.3 Å². The van der Waals surface area contributed by atoms with Crippen molar-refractivity contribution in [1.82, 2.24) is 10.2 Å². The first-order valence-electron chi connectivity index (χ1n) is 9.22. The first kappa shape index (κ1) is 17.6. The van der Waals surface area contributed by atoms with Crippen molar-refractivity contribution >= 4 is 5.96 Å². The van der Waals surface area contributed by atoms with Crippen LogP contribution >= 0.6 is 0 Å². The van der Waals surface area contributed by atoms with Crippen molar-refractivity contribution in [3.8, 4) is 0 Å². The van der Waals surface area contributed by atoms with E-state index in [1.807, 2.05) is 0 Å². The molecule has 2 aliphatic rings. The Morgan fingerprint density at radius 1 is 1.32 bits per heavy atom. The van der Waals surface area contributed by atoms with E-state index in [0.717, 1.165) is 38.4 Å². The number of aliphatic hydroxyl groups excluding tert-OH is 1. The third kappa shape index (κ3) is 4.61. The maximum atomic E-state index is 9.26. The molecule has 0 aromatic carbocycles. The molecule has 1 saturated heterocycles. The average Bonchev–Trinajstić information content (AvgIpc) is 2.88. The van der Waals surface area contributed by atoms with Crippen molar-refractivity contribution < 1.29 is 5.11 Å². The standard InChI is InChI=1S/C18H35N3O/c1-4-19-17(20-13-16(6-11-22)12-15(2)3)21-10-9-18(14-21)7-5-8-18/h15-16,22H,4-14H2,1-3H3,(H,19,20). The monoisotopic (exact) mass is 309 g/mol. The zero-order valence-electron chi connectivity index (χ0n) is 14.8. The second-order valence-electron chi connectivity index (χ2n) is 7.73. The van der Waals surface area contributed by atoms with Crippen molar-refractivity contribution in [1.29, 1.82) is 0 Å². The van der Waals surface area contributed by atoms with E-state index in [9.17, 15) is 5.11 Å². The van der Waals surface area contributed by atoms with Crippen LogP contribution in [0.5, 0.6) is 0 Å². The normalized spacial score (nSPS) is 22.2. The van der Waals surface area contributed by atoms with Gasteiger partial charge >= 0.3 is 0 Å². The second-order valence-corrected chi connectivity index (χ2v) is 7.73. The fourth-order valence-electron chi connectivity index (χ4n) is 3.98. The third-order valence-electron chi connectivity index (χ3n) is 5.33. The van der Waals surface area contributed by atoms with Gasteiger partial charge in [0.1, 0.15) is 0 Å². The molecule has 1 unspecified atom stereocenters. The van der Waals surface area contributed by atoms with Crippen LogP contribution in [0, 0.1) is 17.3 Å². The molecule has 4 heteroatoms. The number of hydrogen-bond donors (Lipinski definition) is 2. The van der Waals surface area contributed by atoms with E-state index in [-0.39, 0.29) is 6.61 Å². The highest BCUT2D eigenvalue weighted by atomic mass is 16.3. The Hall–Kier alpha value is -0.770. The molecule has 22 heavy (non-hydrogen) atoms. The largest absolute Gasteiger partial charge is 0.396 e. The fourth-order valence-corrected chi connectivity index (χ4v) is 3.98. The lowest BCUT2D eigenvalue weighted by atomic mass is 9.68. The molecule has 0 bridgehead atoms. The number of guanidine groups is 1. The van der Waals surface area contributed by atoms with Crippen LogP contribution in [0.1, 0.15) is 59.3 Å². The van der Waals surface area contributed by atoms with E-state index in [1.165, 1.54) is 32.2 Å². The summed E-state index contributed by atoms with van der Waals surface area (Å²) in [6.45, 7) is 11.0. The van der Waals surface area contributed by atoms with Crippen LogP contribution in [0.4, 0.5) is 0 Å². The van der Waals surface area contributed by atoms with Crippen LogP contribution < -0.4 is 5.32 Å². The van der Waals surface area contributed by atoms with Gasteiger partial charge in [-0.3, -0.25) is 4.99 Å². The van der Waals surface area contributed by atoms with Crippen LogP contribution in [0.3, 0.4) is 0 Å². The quantitative estimate of drug-likeness (QED) is 0.561. The summed E-state index contributed by atoms with van der Waals surface area (Å²) >= 11 is 0. The van der Waals surface area contributed by atoms with Gasteiger partial charge in [0.25, 0.3) is 0 Å². The van der Waals surface area contributed by atoms with Crippen LogP contribution in [-0.4, -0.2) is 48.8 Å². The molecule has 0 aromatic rings. The molecule has 1 saturated carbocycles. The second kappa shape index (κ2) is 8.19. The summed E-state index contributed by atoms with van der Waals surface area (Å²) in [6, 6.07) is 0. The molecule has 0 aromatic heterocycles. The molecule has 2 N–H and O–H groups in total. The molecule has 1 aliphatic heterocycles. The zero-order valence-corrected chi connectivity index (χ0v) is 14.8. The summed E-state index contributed by atoms with van der Waals surface area (Å²) in [5.74, 6) is 2.26. The first-order chi connectivity index (χ1) is 10.6. The van der Waals surface area contributed by atoms with E-state index < -0.39 is 0 Å². The molecular weight excluding hydrogens is 274 g/mol. The Kier molecular flexibility index (Phi) is 6.54. The summed E-state index contributed by atoms with van der Waals surface area (Å²) < 4.78 is 0. The molecule has 1 atom stereocenters. The van der Waals surface area contributed by atoms with Crippen molar-refractivity contribution in [2.75, 3.05) is 32.8 Å². The van der Waals surface area contributed by atoms with Gasteiger partial charge in [-0.2, -0.15) is 0 Å². The van der Waals surface area contributed by atoms with Gasteiger partial charge in [0.05, 0.1) is 0 Å². The van der Waals surface area contributed by atoms with Crippen LogP contribution in [0.25, 0.3) is 0 Å². The first-order valence-corrected chi connectivity index (χ1v) is 9.22. The number of nitrogens with zero attached hydrogens (tertiary/aromatic N) is 2. The Labute approximate surface area is 136 Å². The molecule has 128 valence electrons. The molecule has 0 radical (unpaired) electrons. The van der Waals surface area contributed by atoms with Crippen LogP contribution in [-0.2, 0) is 0 Å². The Balaban J connectivity index is 1.93. The summed E-state index contributed by atoms with van der Waals surface area (Å²) in [7, 11) is 0. The molecule has 2 fully saturated rings. The number of rotatable bonds is 7. The molecule has 1 spiro atoms. The summed E-state index contributed by atoms with van der Waals surface area (Å²) in [6.07, 6.45) is 7.57. The number of aliphatic imine (C=N–C) groups is 1. The number of likely N-dealkylation sites (tertiary alicyclic amines) is 1. The van der Waals surface area contributed by atoms with E-state index in [0.29, 0.717) is 17.3 Å². The van der Waals surface area contributed by atoms with Crippen LogP contribution in [0.2, 0.25) is 0 Å². The topological polar surface area (TPSA) is 47.9 Å². The van der Waals surface area contributed by atoms with Gasteiger partial charge in [0.2, 0.25) is 0 Å². The zero-order chi connectivity index (χ0) is 16.0. The van der Waals surface area contributed by atoms with E-state index in [2.05, 4.69) is 31.0 Å². The van der Waals surface area contributed by atoms with E-state index in [1.54, 1.807) is 0 Å². The lowest BCUT2D eigenvalue weighted by molar-refractivity contribution is 0.151. The van der Waals surface area contributed by atoms with Crippen LogP contribution in [0.15, 0.2) is 4.99 Å². The molecule has 2 rings (SSSR count). The minimum Gasteiger partial charge on any atom is -0.396 e. The van der Waals surface area contributed by atoms with Crippen molar-refractivity contribution in [2.24, 2.45) is 22.2 Å². The Morgan fingerprint density at radius 3 is 2.59 bits per heavy atom. The number of aliphatic hydroxyl groups is 1. The highest BCUT2D eigenvalue weighted by Crippen LogP contribution is 2.47. The van der Waals surface area contributed by atoms with Gasteiger partial charge in [-0.1, -0.05) is 20.3 Å². The fraction of sp³-hybridized carbons (Fsp3) is 0.944. The lowest BCUT2D eigenvalue weighted by Crippen LogP contribution is -2.42. The Bertz CT molecular complexity index is 363. The van der Waals surface area contributed by atoms with Gasteiger partial charge in [-0.25, -0.2) is 0 Å². The highest BCUT2D eigenvalue weighted by molar-refractivity contribution is 5.80. The summed E-state index contributed by atoms with van der Waals surface area (Å²) in [4.78, 5) is 7.38. The SMILES string of the molecule is CCNC(=NCC(CCO)CC(C)C)N1CCC2(CCC2)C1. The Morgan fingerprint density at radius 2 is 2.09 bits per heavy atom. The maximum absolute atomic E-state index is 9.26. The maximum Gasteiger partial charge on any atom is 0.193 e. The van der Waals surface area contributed by atoms with Crippen molar-refractivity contribution in [3.05, 3.63) is 0 Å². The van der Waals surface area contributed by atoms with Gasteiger partial charge in [0, 0.05) is 32.8 Å².